The molecule has 0 fully saturated rings. The summed E-state index contributed by atoms with van der Waals surface area (Å²) in [5.41, 5.74) is 0.765. The molecule has 1 N–H and O–H groups in total. The van der Waals surface area contributed by atoms with Crippen molar-refractivity contribution in [3.8, 4) is 22.8 Å². The van der Waals surface area contributed by atoms with E-state index in [2.05, 4.69) is 4.98 Å². The maximum atomic E-state index is 9.50. The van der Waals surface area contributed by atoms with Crippen molar-refractivity contribution >= 4 is 0 Å². The summed E-state index contributed by atoms with van der Waals surface area (Å²) in [6, 6.07) is 5.03. The highest BCUT2D eigenvalue weighted by Crippen LogP contribution is 2.30. The van der Waals surface area contributed by atoms with Crippen LogP contribution in [-0.2, 0) is 0 Å². The molecule has 2 aromatic rings. The number of benzene rings is 1. The number of nitrogens with zero attached hydrogens (tertiary/aromatic N) is 1. The number of phenolic OH excluding ortho intramolecular Hbond substituents is 1. The van der Waals surface area contributed by atoms with Gasteiger partial charge in [0.15, 0.2) is 23.7 Å². The van der Waals surface area contributed by atoms with Crippen LogP contribution in [0.5, 0.6) is 11.5 Å². The first-order valence-electron chi connectivity index (χ1n) is 4.07. The normalized spacial score (nSPS) is 10.1. The molecule has 2 rings (SSSR count). The lowest BCUT2D eigenvalue weighted by Crippen LogP contribution is -1.83. The van der Waals surface area contributed by atoms with E-state index in [-0.39, 0.29) is 5.75 Å². The van der Waals surface area contributed by atoms with Crippen molar-refractivity contribution in [3.05, 3.63) is 30.8 Å². The van der Waals surface area contributed by atoms with Gasteiger partial charge in [0, 0.05) is 5.56 Å². The maximum absolute atomic E-state index is 9.50. The highest BCUT2D eigenvalue weighted by atomic mass is 16.5. The molecule has 1 aromatic heterocycles. The van der Waals surface area contributed by atoms with Crippen molar-refractivity contribution in [2.45, 2.75) is 0 Å². The Morgan fingerprint density at radius 1 is 1.43 bits per heavy atom. The van der Waals surface area contributed by atoms with Crippen LogP contribution in [-0.4, -0.2) is 17.2 Å². The first kappa shape index (κ1) is 8.62. The van der Waals surface area contributed by atoms with Crippen molar-refractivity contribution < 1.29 is 14.3 Å². The maximum Gasteiger partial charge on any atom is 0.181 e. The molecule has 0 bridgehead atoms. The summed E-state index contributed by atoms with van der Waals surface area (Å²) in [5, 5.41) is 9.50. The molecule has 72 valence electrons. The Morgan fingerprint density at radius 2 is 2.29 bits per heavy atom. The fourth-order valence-corrected chi connectivity index (χ4v) is 1.20. The molecule has 1 heterocycles. The third-order valence-corrected chi connectivity index (χ3v) is 1.90. The van der Waals surface area contributed by atoms with E-state index in [0.717, 1.165) is 5.56 Å². The standard InChI is InChI=1S/C10H9NO3/c1-13-9-3-2-7(4-8(9)12)10-5-11-6-14-10/h2-6,12H,1H3. The Balaban J connectivity index is 2.43. The van der Waals surface area contributed by atoms with Crippen molar-refractivity contribution in [2.24, 2.45) is 0 Å². The van der Waals surface area contributed by atoms with Crippen molar-refractivity contribution in [3.63, 3.8) is 0 Å². The zero-order chi connectivity index (χ0) is 9.97. The summed E-state index contributed by atoms with van der Waals surface area (Å²) in [6.45, 7) is 0. The number of aromatic nitrogens is 1. The van der Waals surface area contributed by atoms with E-state index in [1.807, 2.05) is 0 Å². The van der Waals surface area contributed by atoms with Crippen LogP contribution < -0.4 is 4.74 Å². The van der Waals surface area contributed by atoms with E-state index in [4.69, 9.17) is 9.15 Å². The van der Waals surface area contributed by atoms with Gasteiger partial charge in [-0.1, -0.05) is 0 Å². The zero-order valence-electron chi connectivity index (χ0n) is 7.60. The van der Waals surface area contributed by atoms with E-state index < -0.39 is 0 Å². The van der Waals surface area contributed by atoms with Gasteiger partial charge in [-0.25, -0.2) is 4.98 Å². The predicted octanol–water partition coefficient (Wildman–Crippen LogP) is 2.06. The molecule has 0 spiro atoms. The summed E-state index contributed by atoms with van der Waals surface area (Å²) < 4.78 is 10.0. The lowest BCUT2D eigenvalue weighted by Gasteiger charge is -2.03. The van der Waals surface area contributed by atoms with Gasteiger partial charge in [-0.2, -0.15) is 0 Å². The van der Waals surface area contributed by atoms with Gasteiger partial charge in [-0.05, 0) is 18.2 Å². The minimum absolute atomic E-state index is 0.0846. The zero-order valence-corrected chi connectivity index (χ0v) is 7.60. The Morgan fingerprint density at radius 3 is 2.86 bits per heavy atom. The Bertz CT molecular complexity index is 423. The smallest absolute Gasteiger partial charge is 0.181 e. The highest BCUT2D eigenvalue weighted by Gasteiger charge is 2.06. The monoisotopic (exact) mass is 191 g/mol. The molecule has 0 aliphatic rings. The molecule has 14 heavy (non-hydrogen) atoms. The number of ether oxygens (including phenoxy) is 1. The van der Waals surface area contributed by atoms with Crippen LogP contribution in [0.3, 0.4) is 0 Å². The second kappa shape index (κ2) is 3.41. The van der Waals surface area contributed by atoms with Crippen LogP contribution in [0.4, 0.5) is 0 Å². The molecule has 0 unspecified atom stereocenters. The van der Waals surface area contributed by atoms with E-state index >= 15 is 0 Å². The second-order valence-electron chi connectivity index (χ2n) is 2.75. The molecule has 1 aromatic carbocycles. The minimum atomic E-state index is 0.0846. The third-order valence-electron chi connectivity index (χ3n) is 1.90. The summed E-state index contributed by atoms with van der Waals surface area (Å²) in [6.07, 6.45) is 2.93. The van der Waals surface area contributed by atoms with Gasteiger partial charge in [0.1, 0.15) is 0 Å². The van der Waals surface area contributed by atoms with E-state index in [1.165, 1.54) is 13.5 Å². The first-order chi connectivity index (χ1) is 6.81. The van der Waals surface area contributed by atoms with Crippen LogP contribution in [0.1, 0.15) is 0 Å². The van der Waals surface area contributed by atoms with Crippen LogP contribution in [0, 0.1) is 0 Å². The van der Waals surface area contributed by atoms with Crippen molar-refractivity contribution in [1.82, 2.24) is 4.98 Å². The Hall–Kier alpha value is -1.97. The van der Waals surface area contributed by atoms with Crippen molar-refractivity contribution in [2.75, 3.05) is 7.11 Å². The number of rotatable bonds is 2. The van der Waals surface area contributed by atoms with Crippen LogP contribution >= 0.6 is 0 Å². The van der Waals surface area contributed by atoms with E-state index in [0.29, 0.717) is 11.5 Å². The number of oxazole rings is 1. The van der Waals surface area contributed by atoms with E-state index in [9.17, 15) is 5.11 Å². The molecule has 0 amide bonds. The molecule has 0 atom stereocenters. The third kappa shape index (κ3) is 1.42. The summed E-state index contributed by atoms with van der Waals surface area (Å²) in [4.78, 5) is 3.79. The second-order valence-corrected chi connectivity index (χ2v) is 2.75. The average Bonchev–Trinajstić information content (AvgIpc) is 2.70. The molecule has 4 nitrogen and oxygen atoms in total. The fourth-order valence-electron chi connectivity index (χ4n) is 1.20. The largest absolute Gasteiger partial charge is 0.504 e. The van der Waals surface area contributed by atoms with Gasteiger partial charge >= 0.3 is 0 Å². The SMILES string of the molecule is COc1ccc(-c2cnco2)cc1O. The van der Waals surface area contributed by atoms with Crippen LogP contribution in [0.15, 0.2) is 35.2 Å². The topological polar surface area (TPSA) is 55.5 Å². The lowest BCUT2D eigenvalue weighted by molar-refractivity contribution is 0.373. The molecule has 0 aliphatic heterocycles. The average molecular weight is 191 g/mol. The number of aromatic hydroxyl groups is 1. The van der Waals surface area contributed by atoms with Gasteiger partial charge in [-0.15, -0.1) is 0 Å². The van der Waals surface area contributed by atoms with Gasteiger partial charge in [0.05, 0.1) is 13.3 Å². The van der Waals surface area contributed by atoms with Gasteiger partial charge in [0.2, 0.25) is 0 Å². The van der Waals surface area contributed by atoms with Gasteiger partial charge in [-0.3, -0.25) is 0 Å². The first-order valence-corrected chi connectivity index (χ1v) is 4.07. The molecular formula is C10H9NO3. The number of hydrogen-bond acceptors (Lipinski definition) is 4. The molecule has 0 saturated carbocycles. The van der Waals surface area contributed by atoms with Crippen LogP contribution in [0.25, 0.3) is 11.3 Å². The minimum Gasteiger partial charge on any atom is -0.504 e. The number of hydrogen-bond donors (Lipinski definition) is 1. The summed E-state index contributed by atoms with van der Waals surface area (Å²) in [7, 11) is 1.50. The predicted molar refractivity (Wildman–Crippen MR) is 50.2 cm³/mol. The quantitative estimate of drug-likeness (QED) is 0.789. The molecule has 0 saturated heterocycles. The Labute approximate surface area is 80.8 Å². The van der Waals surface area contributed by atoms with Crippen LogP contribution in [0.2, 0.25) is 0 Å². The molecule has 4 heteroatoms. The van der Waals surface area contributed by atoms with Crippen molar-refractivity contribution in [1.29, 1.82) is 0 Å². The lowest BCUT2D eigenvalue weighted by atomic mass is 10.1. The highest BCUT2D eigenvalue weighted by molar-refractivity contribution is 5.61. The summed E-state index contributed by atoms with van der Waals surface area (Å²) >= 11 is 0. The Kier molecular flexibility index (Phi) is 2.10. The van der Waals surface area contributed by atoms with Gasteiger partial charge in [0.25, 0.3) is 0 Å². The van der Waals surface area contributed by atoms with E-state index in [1.54, 1.807) is 24.4 Å². The summed E-state index contributed by atoms with van der Waals surface area (Å²) in [5.74, 6) is 1.14. The molecule has 0 radical (unpaired) electrons. The molecule has 0 aliphatic carbocycles. The molecular weight excluding hydrogens is 182 g/mol. The number of methoxy groups -OCH3 is 1. The van der Waals surface area contributed by atoms with Gasteiger partial charge < -0.3 is 14.3 Å². The fraction of sp³-hybridized carbons (Fsp3) is 0.100. The number of phenols is 1.